The third-order valence-corrected chi connectivity index (χ3v) is 5.54. The second-order valence-corrected chi connectivity index (χ2v) is 7.60. The van der Waals surface area contributed by atoms with E-state index in [9.17, 15) is 4.79 Å². The van der Waals surface area contributed by atoms with Gasteiger partial charge in [-0.3, -0.25) is 4.79 Å². The number of thiazole rings is 1. The molecule has 6 nitrogen and oxygen atoms in total. The Balaban J connectivity index is 1.45. The molecule has 3 aromatic rings. The van der Waals surface area contributed by atoms with Crippen LogP contribution in [0, 0.1) is 12.8 Å². The lowest BCUT2D eigenvalue weighted by molar-refractivity contribution is -0.120. The second kappa shape index (κ2) is 7.84. The molecule has 138 valence electrons. The lowest BCUT2D eigenvalue weighted by atomic mass is 9.97. The maximum atomic E-state index is 12.5. The van der Waals surface area contributed by atoms with Crippen LogP contribution in [0.1, 0.15) is 18.4 Å². The summed E-state index contributed by atoms with van der Waals surface area (Å²) in [6.45, 7) is 3.61. The number of nitrogens with one attached hydrogen (secondary N) is 1. The van der Waals surface area contributed by atoms with Gasteiger partial charge in [0, 0.05) is 30.2 Å². The van der Waals surface area contributed by atoms with Crippen LogP contribution in [0.15, 0.2) is 48.0 Å². The molecule has 1 unspecified atom stereocenters. The maximum absolute atomic E-state index is 12.5. The average Bonchev–Trinajstić information content (AvgIpc) is 3.22. The number of piperidine rings is 1. The van der Waals surface area contributed by atoms with Crippen LogP contribution in [0.5, 0.6) is 0 Å². The Morgan fingerprint density at radius 1 is 1.22 bits per heavy atom. The predicted octanol–water partition coefficient (Wildman–Crippen LogP) is 3.76. The summed E-state index contributed by atoms with van der Waals surface area (Å²) in [6, 6.07) is 12.2. The van der Waals surface area contributed by atoms with Crippen molar-refractivity contribution in [3.8, 4) is 11.3 Å². The van der Waals surface area contributed by atoms with Gasteiger partial charge in [-0.1, -0.05) is 24.3 Å². The van der Waals surface area contributed by atoms with Crippen LogP contribution < -0.4 is 10.2 Å². The third-order valence-electron chi connectivity index (χ3n) is 4.85. The van der Waals surface area contributed by atoms with E-state index in [2.05, 4.69) is 44.5 Å². The first kappa shape index (κ1) is 17.6. The van der Waals surface area contributed by atoms with Gasteiger partial charge >= 0.3 is 0 Å². The summed E-state index contributed by atoms with van der Waals surface area (Å²) in [5, 5.41) is 14.3. The number of anilines is 2. The van der Waals surface area contributed by atoms with Crippen LogP contribution in [0.3, 0.4) is 0 Å². The summed E-state index contributed by atoms with van der Waals surface area (Å²) < 4.78 is 0. The van der Waals surface area contributed by atoms with E-state index in [-0.39, 0.29) is 11.8 Å². The summed E-state index contributed by atoms with van der Waals surface area (Å²) in [4.78, 5) is 18.8. The summed E-state index contributed by atoms with van der Waals surface area (Å²) in [5.41, 5.74) is 3.14. The van der Waals surface area contributed by atoms with E-state index in [4.69, 9.17) is 0 Å². The van der Waals surface area contributed by atoms with Crippen LogP contribution in [0.2, 0.25) is 0 Å². The quantitative estimate of drug-likeness (QED) is 0.747. The molecule has 1 atom stereocenters. The van der Waals surface area contributed by atoms with E-state index < -0.39 is 0 Å². The van der Waals surface area contributed by atoms with Crippen molar-refractivity contribution in [1.29, 1.82) is 0 Å². The first-order valence-electron chi connectivity index (χ1n) is 9.06. The van der Waals surface area contributed by atoms with Crippen molar-refractivity contribution in [2.45, 2.75) is 19.8 Å². The highest BCUT2D eigenvalue weighted by Gasteiger charge is 2.27. The molecule has 1 aliphatic heterocycles. The van der Waals surface area contributed by atoms with Gasteiger partial charge in [-0.2, -0.15) is 0 Å². The summed E-state index contributed by atoms with van der Waals surface area (Å²) >= 11 is 1.43. The summed E-state index contributed by atoms with van der Waals surface area (Å²) in [6.07, 6.45) is 3.53. The van der Waals surface area contributed by atoms with Crippen molar-refractivity contribution in [3.05, 3.63) is 53.5 Å². The zero-order valence-corrected chi connectivity index (χ0v) is 15.9. The predicted molar refractivity (Wildman–Crippen MR) is 108 cm³/mol. The average molecular weight is 379 g/mol. The number of benzene rings is 1. The fourth-order valence-electron chi connectivity index (χ4n) is 3.39. The maximum Gasteiger partial charge on any atom is 0.231 e. The number of aromatic nitrogens is 3. The fraction of sp³-hybridized carbons (Fsp3) is 0.300. The molecule has 0 bridgehead atoms. The van der Waals surface area contributed by atoms with Gasteiger partial charge in [-0.05, 0) is 37.5 Å². The minimum absolute atomic E-state index is 0.0270. The molecule has 1 aromatic carbocycles. The number of aryl methyl sites for hydroxylation is 1. The number of amides is 1. The zero-order chi connectivity index (χ0) is 18.6. The first-order valence-corrected chi connectivity index (χ1v) is 9.94. The Labute approximate surface area is 162 Å². The second-order valence-electron chi connectivity index (χ2n) is 6.70. The molecule has 1 N–H and O–H groups in total. The van der Waals surface area contributed by atoms with Gasteiger partial charge in [0.05, 0.1) is 11.6 Å². The molecule has 1 fully saturated rings. The monoisotopic (exact) mass is 379 g/mol. The molecule has 1 aliphatic rings. The number of nitrogens with zero attached hydrogens (tertiary/aromatic N) is 4. The molecule has 0 aliphatic carbocycles. The van der Waals surface area contributed by atoms with Crippen molar-refractivity contribution < 1.29 is 4.79 Å². The van der Waals surface area contributed by atoms with Crippen LogP contribution in [-0.4, -0.2) is 34.2 Å². The molecule has 1 amide bonds. The van der Waals surface area contributed by atoms with Crippen LogP contribution >= 0.6 is 11.3 Å². The van der Waals surface area contributed by atoms with E-state index in [1.165, 1.54) is 16.9 Å². The summed E-state index contributed by atoms with van der Waals surface area (Å²) in [7, 11) is 0. The van der Waals surface area contributed by atoms with Crippen molar-refractivity contribution in [2.24, 2.45) is 5.92 Å². The van der Waals surface area contributed by atoms with Gasteiger partial charge in [0.25, 0.3) is 0 Å². The molecule has 4 rings (SSSR count). The molecule has 1 saturated heterocycles. The van der Waals surface area contributed by atoms with Gasteiger partial charge in [0.15, 0.2) is 10.9 Å². The van der Waals surface area contributed by atoms with Gasteiger partial charge in [-0.15, -0.1) is 21.5 Å². The SMILES string of the molecule is Cc1ccccc1-c1ccc(N2CCCC(C(=O)Nc3nccs3)C2)nn1. The fourth-order valence-corrected chi connectivity index (χ4v) is 3.92. The molecule has 3 heterocycles. The Morgan fingerprint density at radius 2 is 2.11 bits per heavy atom. The van der Waals surface area contributed by atoms with Crippen LogP contribution in [0.25, 0.3) is 11.3 Å². The third kappa shape index (κ3) is 3.98. The lowest BCUT2D eigenvalue weighted by Gasteiger charge is -2.32. The van der Waals surface area contributed by atoms with Crippen molar-refractivity contribution in [1.82, 2.24) is 15.2 Å². The van der Waals surface area contributed by atoms with Gasteiger partial charge in [0.2, 0.25) is 5.91 Å². The van der Waals surface area contributed by atoms with E-state index in [1.807, 2.05) is 29.6 Å². The summed E-state index contributed by atoms with van der Waals surface area (Å²) in [5.74, 6) is 0.777. The van der Waals surface area contributed by atoms with Gasteiger partial charge in [0.1, 0.15) is 0 Å². The Bertz CT molecular complexity index is 910. The minimum Gasteiger partial charge on any atom is -0.354 e. The molecule has 0 saturated carbocycles. The topological polar surface area (TPSA) is 71.0 Å². The molecule has 7 heteroatoms. The largest absolute Gasteiger partial charge is 0.354 e. The Hall–Kier alpha value is -2.80. The smallest absolute Gasteiger partial charge is 0.231 e. The van der Waals surface area contributed by atoms with Crippen molar-refractivity contribution >= 4 is 28.2 Å². The molecule has 0 radical (unpaired) electrons. The molecule has 0 spiro atoms. The number of hydrogen-bond acceptors (Lipinski definition) is 6. The minimum atomic E-state index is -0.0690. The van der Waals surface area contributed by atoms with Crippen molar-refractivity contribution in [3.63, 3.8) is 0 Å². The van der Waals surface area contributed by atoms with E-state index in [0.29, 0.717) is 11.7 Å². The number of hydrogen-bond donors (Lipinski definition) is 1. The molecule has 27 heavy (non-hydrogen) atoms. The first-order chi connectivity index (χ1) is 13.2. The number of carbonyl (C=O) groups is 1. The van der Waals surface area contributed by atoms with E-state index in [1.54, 1.807) is 6.20 Å². The molecule has 2 aromatic heterocycles. The van der Waals surface area contributed by atoms with E-state index in [0.717, 1.165) is 36.5 Å². The molecular formula is C20H21N5OS. The van der Waals surface area contributed by atoms with Crippen LogP contribution in [-0.2, 0) is 4.79 Å². The standard InChI is InChI=1S/C20H21N5OS/c1-14-5-2-3-7-16(14)17-8-9-18(24-23-17)25-11-4-6-15(13-25)19(26)22-20-21-10-12-27-20/h2-3,5,7-10,12,15H,4,6,11,13H2,1H3,(H,21,22,26). The Kier molecular flexibility index (Phi) is 5.11. The highest BCUT2D eigenvalue weighted by molar-refractivity contribution is 7.13. The lowest BCUT2D eigenvalue weighted by Crippen LogP contribution is -2.41. The van der Waals surface area contributed by atoms with Gasteiger partial charge < -0.3 is 10.2 Å². The number of rotatable bonds is 4. The van der Waals surface area contributed by atoms with E-state index >= 15 is 0 Å². The highest BCUT2D eigenvalue weighted by Crippen LogP contribution is 2.25. The Morgan fingerprint density at radius 3 is 2.85 bits per heavy atom. The zero-order valence-electron chi connectivity index (χ0n) is 15.1. The highest BCUT2D eigenvalue weighted by atomic mass is 32.1. The number of carbonyl (C=O) groups excluding carboxylic acids is 1. The van der Waals surface area contributed by atoms with Crippen LogP contribution in [0.4, 0.5) is 10.9 Å². The molecular weight excluding hydrogens is 358 g/mol. The van der Waals surface area contributed by atoms with Crippen molar-refractivity contribution in [2.75, 3.05) is 23.3 Å². The van der Waals surface area contributed by atoms with Gasteiger partial charge in [-0.25, -0.2) is 4.98 Å². The normalized spacial score (nSPS) is 16.9.